The normalized spacial score (nSPS) is 16.9. The number of nitrogens with one attached hydrogen (secondary N) is 1. The standard InChI is InChI=1S/C29H44N4Si/c1-18(2)24-13-11-14-25(19(3)4)28(24)32-22(9)17-23(10)33(34(32)31-30)29-26(20(5)6)15-12-16-27(29)21(7)8/h11-21,31,34H,9,30H2,1-8,10H3/t34-/m0/s1. The molecule has 2 aromatic carbocycles. The molecule has 0 aliphatic carbocycles. The van der Waals surface area contributed by atoms with E-state index in [0.717, 1.165) is 5.70 Å². The van der Waals surface area contributed by atoms with Gasteiger partial charge in [-0.25, -0.2) is 5.09 Å². The summed E-state index contributed by atoms with van der Waals surface area (Å²) >= 11 is 0. The maximum absolute atomic E-state index is 6.45. The van der Waals surface area contributed by atoms with Gasteiger partial charge >= 0.3 is 9.28 Å². The second kappa shape index (κ2) is 10.5. The van der Waals surface area contributed by atoms with Crippen LogP contribution < -0.4 is 20.1 Å². The van der Waals surface area contributed by atoms with Gasteiger partial charge in [-0.2, -0.15) is 0 Å². The molecule has 3 N–H and O–H groups in total. The number of anilines is 2. The highest BCUT2D eigenvalue weighted by atomic mass is 28.3. The largest absolute Gasteiger partial charge is 0.352 e. The molecule has 1 heterocycles. The van der Waals surface area contributed by atoms with Crippen LogP contribution in [0.15, 0.2) is 60.4 Å². The minimum atomic E-state index is -2.15. The molecule has 0 saturated heterocycles. The molecule has 0 fully saturated rings. The van der Waals surface area contributed by atoms with Gasteiger partial charge in [-0.1, -0.05) is 98.4 Å². The van der Waals surface area contributed by atoms with E-state index < -0.39 is 9.28 Å². The van der Waals surface area contributed by atoms with Gasteiger partial charge in [0, 0.05) is 22.8 Å². The second-order valence-electron chi connectivity index (χ2n) is 10.7. The fourth-order valence-corrected chi connectivity index (χ4v) is 7.60. The summed E-state index contributed by atoms with van der Waals surface area (Å²) in [5.41, 5.74) is 10.2. The highest BCUT2D eigenvalue weighted by molar-refractivity contribution is 6.67. The predicted molar refractivity (Wildman–Crippen MR) is 152 cm³/mol. The molecular weight excluding hydrogens is 432 g/mol. The van der Waals surface area contributed by atoms with Crippen LogP contribution >= 0.6 is 0 Å². The van der Waals surface area contributed by atoms with Crippen molar-refractivity contribution in [3.05, 3.63) is 82.7 Å². The Morgan fingerprint density at radius 3 is 1.38 bits per heavy atom. The SMILES string of the molecule is C=C1C=C(C)N(c2c(C(C)C)cccc2C(C)C)[Si@@H](NN)N1c1c(C(C)C)cccc1C(C)C. The summed E-state index contributed by atoms with van der Waals surface area (Å²) in [5.74, 6) is 8.04. The number of nitrogens with zero attached hydrogens (tertiary/aromatic N) is 2. The maximum Gasteiger partial charge on any atom is 0.352 e. The average molecular weight is 477 g/mol. The molecule has 0 bridgehead atoms. The first-order valence-corrected chi connectivity index (χ1v) is 14.3. The van der Waals surface area contributed by atoms with E-state index in [-0.39, 0.29) is 0 Å². The lowest BCUT2D eigenvalue weighted by molar-refractivity contribution is 0.817. The van der Waals surface area contributed by atoms with E-state index >= 15 is 0 Å². The zero-order valence-corrected chi connectivity index (χ0v) is 23.8. The minimum Gasteiger partial charge on any atom is -0.343 e. The Balaban J connectivity index is 2.34. The first-order valence-electron chi connectivity index (χ1n) is 12.7. The molecule has 184 valence electrons. The van der Waals surface area contributed by atoms with Crippen molar-refractivity contribution in [1.29, 1.82) is 0 Å². The molecule has 0 saturated carbocycles. The molecule has 1 atom stereocenters. The topological polar surface area (TPSA) is 44.5 Å². The molecule has 3 rings (SSSR count). The van der Waals surface area contributed by atoms with Crippen LogP contribution in [0, 0.1) is 0 Å². The van der Waals surface area contributed by atoms with Gasteiger partial charge in [0.25, 0.3) is 0 Å². The zero-order chi connectivity index (χ0) is 25.3. The van der Waals surface area contributed by atoms with Crippen molar-refractivity contribution in [2.45, 2.75) is 86.0 Å². The fourth-order valence-electron chi connectivity index (χ4n) is 5.14. The number of para-hydroxylation sites is 2. The van der Waals surface area contributed by atoms with Gasteiger partial charge in [-0.3, -0.25) is 5.84 Å². The molecule has 0 spiro atoms. The van der Waals surface area contributed by atoms with E-state index in [9.17, 15) is 0 Å². The highest BCUT2D eigenvalue weighted by Crippen LogP contribution is 2.43. The summed E-state index contributed by atoms with van der Waals surface area (Å²) in [7, 11) is -2.15. The van der Waals surface area contributed by atoms with Crippen LogP contribution in [-0.2, 0) is 0 Å². The number of hydrazine groups is 1. The van der Waals surface area contributed by atoms with Crippen molar-refractivity contribution in [2.75, 3.05) is 9.13 Å². The Kier molecular flexibility index (Phi) is 8.12. The number of hydrogen-bond acceptors (Lipinski definition) is 4. The number of nitrogens with two attached hydrogens (primary N) is 1. The first-order chi connectivity index (χ1) is 16.0. The third-order valence-electron chi connectivity index (χ3n) is 6.87. The van der Waals surface area contributed by atoms with Gasteiger partial charge in [0.1, 0.15) is 0 Å². The number of benzene rings is 2. The zero-order valence-electron chi connectivity index (χ0n) is 22.6. The van der Waals surface area contributed by atoms with Gasteiger partial charge in [0.05, 0.1) is 0 Å². The van der Waals surface area contributed by atoms with E-state index in [4.69, 9.17) is 5.84 Å². The quantitative estimate of drug-likeness (QED) is 0.254. The summed E-state index contributed by atoms with van der Waals surface area (Å²) in [5, 5.41) is 3.32. The molecule has 1 aliphatic heterocycles. The van der Waals surface area contributed by atoms with Crippen molar-refractivity contribution >= 4 is 20.7 Å². The Morgan fingerprint density at radius 1 is 0.706 bits per heavy atom. The third kappa shape index (κ3) is 4.74. The van der Waals surface area contributed by atoms with Crippen LogP contribution in [0.3, 0.4) is 0 Å². The summed E-state index contributed by atoms with van der Waals surface area (Å²) < 4.78 is 4.96. The summed E-state index contributed by atoms with van der Waals surface area (Å²) in [6.45, 7) is 24.9. The molecule has 4 nitrogen and oxygen atoms in total. The third-order valence-corrected chi connectivity index (χ3v) is 9.40. The molecule has 0 radical (unpaired) electrons. The van der Waals surface area contributed by atoms with Crippen LogP contribution in [0.1, 0.15) is 108 Å². The number of allylic oxidation sites excluding steroid dienone is 2. The molecule has 1 aliphatic rings. The molecule has 2 aromatic rings. The molecule has 5 heteroatoms. The van der Waals surface area contributed by atoms with E-state index in [1.807, 2.05) is 0 Å². The molecule has 0 amide bonds. The number of hydrogen-bond donors (Lipinski definition) is 2. The van der Waals surface area contributed by atoms with Crippen molar-refractivity contribution in [2.24, 2.45) is 5.84 Å². The predicted octanol–water partition coefficient (Wildman–Crippen LogP) is 7.10. The lowest BCUT2D eigenvalue weighted by Crippen LogP contribution is -2.65. The van der Waals surface area contributed by atoms with Gasteiger partial charge in [0.2, 0.25) is 0 Å². The van der Waals surface area contributed by atoms with Gasteiger partial charge in [0.15, 0.2) is 0 Å². The maximum atomic E-state index is 6.45. The van der Waals surface area contributed by atoms with Crippen LogP contribution in [-0.4, -0.2) is 9.28 Å². The fraction of sp³-hybridized carbons (Fsp3) is 0.448. The first kappa shape index (κ1) is 26.3. The van der Waals surface area contributed by atoms with E-state index in [0.29, 0.717) is 23.7 Å². The van der Waals surface area contributed by atoms with Crippen LogP contribution in [0.2, 0.25) is 0 Å². The molecule has 0 unspecified atom stereocenters. The lowest BCUT2D eigenvalue weighted by atomic mass is 9.92. The van der Waals surface area contributed by atoms with Crippen molar-refractivity contribution < 1.29 is 0 Å². The summed E-state index contributed by atoms with van der Waals surface area (Å²) in [6.07, 6.45) is 2.23. The molecule has 34 heavy (non-hydrogen) atoms. The Labute approximate surface area is 209 Å². The van der Waals surface area contributed by atoms with Gasteiger partial charge < -0.3 is 9.13 Å². The Bertz CT molecular complexity index is 1020. The van der Waals surface area contributed by atoms with Crippen LogP contribution in [0.5, 0.6) is 0 Å². The molecule has 0 aromatic heterocycles. The number of rotatable bonds is 7. The molecular formula is C29H44N4Si. The van der Waals surface area contributed by atoms with Gasteiger partial charge in [-0.15, -0.1) is 0 Å². The minimum absolute atomic E-state index is 0.392. The average Bonchev–Trinajstić information content (AvgIpc) is 2.77. The van der Waals surface area contributed by atoms with Crippen molar-refractivity contribution in [1.82, 2.24) is 5.09 Å². The Hall–Kier alpha value is -2.34. The lowest BCUT2D eigenvalue weighted by Gasteiger charge is -2.47. The highest BCUT2D eigenvalue weighted by Gasteiger charge is 2.38. The van der Waals surface area contributed by atoms with Crippen molar-refractivity contribution in [3.8, 4) is 0 Å². The van der Waals surface area contributed by atoms with Crippen LogP contribution in [0.4, 0.5) is 11.4 Å². The Morgan fingerprint density at radius 2 is 1.06 bits per heavy atom. The second-order valence-corrected chi connectivity index (χ2v) is 12.9. The summed E-state index contributed by atoms with van der Waals surface area (Å²) in [6, 6.07) is 13.5. The van der Waals surface area contributed by atoms with Gasteiger partial charge in [-0.05, 0) is 58.9 Å². The summed E-state index contributed by atoms with van der Waals surface area (Å²) in [4.78, 5) is 0. The van der Waals surface area contributed by atoms with E-state index in [2.05, 4.69) is 126 Å². The van der Waals surface area contributed by atoms with E-state index in [1.54, 1.807) is 0 Å². The smallest absolute Gasteiger partial charge is 0.343 e. The van der Waals surface area contributed by atoms with Crippen LogP contribution in [0.25, 0.3) is 0 Å². The monoisotopic (exact) mass is 476 g/mol. The van der Waals surface area contributed by atoms with E-state index in [1.165, 1.54) is 39.3 Å². The van der Waals surface area contributed by atoms with Crippen molar-refractivity contribution in [3.63, 3.8) is 0 Å².